The SMILES string of the molecule is Cc1c(CNC(=O)/C=C/c2ccc(N)nc2)sc(C2(F)C=CC(c3ccc(C(=O)N4CCC(F)(F)CC4)cc3)C=C2c2ccccc2)c1C. The number of nitrogens with zero attached hydrogens (tertiary/aromatic N) is 2. The van der Waals surface area contributed by atoms with Crippen molar-refractivity contribution >= 4 is 40.6 Å². The summed E-state index contributed by atoms with van der Waals surface area (Å²) in [4.78, 5) is 32.5. The number of hydrogen-bond acceptors (Lipinski definition) is 5. The van der Waals surface area contributed by atoms with E-state index < -0.39 is 11.6 Å². The summed E-state index contributed by atoms with van der Waals surface area (Å²) in [6.45, 7) is 4.14. The molecule has 6 nitrogen and oxygen atoms in total. The van der Waals surface area contributed by atoms with Crippen LogP contribution in [-0.2, 0) is 17.0 Å². The van der Waals surface area contributed by atoms with Crippen molar-refractivity contribution in [3.63, 3.8) is 0 Å². The topological polar surface area (TPSA) is 88.3 Å². The van der Waals surface area contributed by atoms with Gasteiger partial charge in [-0.15, -0.1) is 11.3 Å². The molecule has 1 aliphatic carbocycles. The number of alkyl halides is 3. The van der Waals surface area contributed by atoms with Crippen molar-refractivity contribution in [2.24, 2.45) is 0 Å². The molecule has 0 bridgehead atoms. The molecule has 2 atom stereocenters. The van der Waals surface area contributed by atoms with E-state index >= 15 is 4.39 Å². The molecule has 0 saturated carbocycles. The Balaban J connectivity index is 1.22. The molecule has 4 aromatic rings. The zero-order valence-electron chi connectivity index (χ0n) is 27.3. The van der Waals surface area contributed by atoms with Gasteiger partial charge >= 0.3 is 0 Å². The van der Waals surface area contributed by atoms with Crippen molar-refractivity contribution in [2.45, 2.75) is 50.7 Å². The number of thiophene rings is 1. The van der Waals surface area contributed by atoms with Gasteiger partial charge in [-0.3, -0.25) is 9.59 Å². The summed E-state index contributed by atoms with van der Waals surface area (Å²) in [5, 5.41) is 2.91. The van der Waals surface area contributed by atoms with Gasteiger partial charge in [0.2, 0.25) is 5.91 Å². The maximum Gasteiger partial charge on any atom is 0.253 e. The van der Waals surface area contributed by atoms with Gasteiger partial charge in [-0.1, -0.05) is 54.6 Å². The first-order chi connectivity index (χ1) is 23.4. The molecule has 6 rings (SSSR count). The van der Waals surface area contributed by atoms with Crippen molar-refractivity contribution in [2.75, 3.05) is 18.8 Å². The Kier molecular flexibility index (Phi) is 9.61. The molecule has 3 heterocycles. The number of anilines is 1. The van der Waals surface area contributed by atoms with E-state index in [4.69, 9.17) is 5.73 Å². The van der Waals surface area contributed by atoms with Crippen LogP contribution in [0.5, 0.6) is 0 Å². The van der Waals surface area contributed by atoms with Crippen LogP contribution < -0.4 is 11.1 Å². The zero-order valence-corrected chi connectivity index (χ0v) is 28.1. The van der Waals surface area contributed by atoms with Crippen molar-refractivity contribution in [3.05, 3.63) is 140 Å². The van der Waals surface area contributed by atoms with Crippen molar-refractivity contribution in [1.29, 1.82) is 0 Å². The van der Waals surface area contributed by atoms with Gasteiger partial charge in [-0.05, 0) is 78.1 Å². The molecular weight excluding hydrogens is 646 g/mol. The lowest BCUT2D eigenvalue weighted by molar-refractivity contribution is -0.116. The number of rotatable bonds is 8. The van der Waals surface area contributed by atoms with Gasteiger partial charge in [0.05, 0.1) is 11.4 Å². The van der Waals surface area contributed by atoms with Crippen molar-refractivity contribution in [3.8, 4) is 0 Å². The first-order valence-corrected chi connectivity index (χ1v) is 16.9. The number of likely N-dealkylation sites (tertiary alicyclic amines) is 1. The number of nitrogen functional groups attached to an aromatic ring is 1. The quantitative estimate of drug-likeness (QED) is 0.145. The molecule has 3 N–H and O–H groups in total. The van der Waals surface area contributed by atoms with Crippen LogP contribution in [0.15, 0.2) is 97.2 Å². The average Bonchev–Trinajstić information content (AvgIpc) is 3.40. The Morgan fingerprint density at radius 3 is 2.39 bits per heavy atom. The number of aromatic nitrogens is 1. The maximum absolute atomic E-state index is 17.6. The second-order valence-electron chi connectivity index (χ2n) is 12.5. The number of nitrogens with one attached hydrogen (secondary N) is 1. The van der Waals surface area contributed by atoms with E-state index in [-0.39, 0.29) is 50.2 Å². The molecule has 10 heteroatoms. The number of carbonyl (C=O) groups excluding carboxylic acids is 2. The molecule has 1 aliphatic heterocycles. The largest absolute Gasteiger partial charge is 0.384 e. The van der Waals surface area contributed by atoms with E-state index in [1.54, 1.807) is 42.6 Å². The molecule has 2 aromatic heterocycles. The summed E-state index contributed by atoms with van der Waals surface area (Å²) in [5.41, 5.74) is 8.75. The summed E-state index contributed by atoms with van der Waals surface area (Å²) in [6, 6.07) is 19.9. The molecular formula is C39H37F3N4O2S. The molecule has 2 aliphatic rings. The van der Waals surface area contributed by atoms with Crippen LogP contribution in [0.25, 0.3) is 11.6 Å². The van der Waals surface area contributed by atoms with Crippen LogP contribution in [0.3, 0.4) is 0 Å². The summed E-state index contributed by atoms with van der Waals surface area (Å²) in [6.07, 6.45) is 9.37. The third kappa shape index (κ3) is 7.39. The van der Waals surface area contributed by atoms with Crippen LogP contribution in [0, 0.1) is 13.8 Å². The first-order valence-electron chi connectivity index (χ1n) is 16.1. The van der Waals surface area contributed by atoms with Crippen molar-refractivity contribution in [1.82, 2.24) is 15.2 Å². The number of benzene rings is 2. The Hall–Kier alpha value is -4.96. The van der Waals surface area contributed by atoms with Gasteiger partial charge in [0.15, 0.2) is 5.67 Å². The fraction of sp³-hybridized carbons (Fsp3) is 0.256. The van der Waals surface area contributed by atoms with E-state index in [0.717, 1.165) is 32.7 Å². The van der Waals surface area contributed by atoms with Crippen molar-refractivity contribution < 1.29 is 22.8 Å². The van der Waals surface area contributed by atoms with Crippen LogP contribution in [-0.4, -0.2) is 40.7 Å². The fourth-order valence-electron chi connectivity index (χ4n) is 6.16. The van der Waals surface area contributed by atoms with E-state index in [1.165, 1.54) is 22.3 Å². The third-order valence-corrected chi connectivity index (χ3v) is 10.7. The van der Waals surface area contributed by atoms with E-state index in [1.807, 2.05) is 68.5 Å². The number of piperidine rings is 1. The highest BCUT2D eigenvalue weighted by atomic mass is 32.1. The standard InChI is InChI=1S/C39H37F3N4O2S/c1-25-26(2)36(49-33(25)24-45-35(47)15-9-27-8-14-34(43)44-23-27)39(42)17-16-31(22-32(39)29-6-4-3-5-7-29)28-10-12-30(13-11-28)37(48)46-20-18-38(40,41)19-21-46/h3-17,22-23,31H,18-21,24H2,1-2H3,(H2,43,44)(H,45,47)/b15-9+. The molecule has 252 valence electrons. The predicted octanol–water partition coefficient (Wildman–Crippen LogP) is 8.15. The Labute approximate surface area is 287 Å². The number of nitrogens with two attached hydrogens (primary N) is 1. The summed E-state index contributed by atoms with van der Waals surface area (Å²) >= 11 is 1.34. The number of halogens is 3. The predicted molar refractivity (Wildman–Crippen MR) is 189 cm³/mol. The Morgan fingerprint density at radius 1 is 1.00 bits per heavy atom. The maximum atomic E-state index is 17.6. The smallest absolute Gasteiger partial charge is 0.253 e. The van der Waals surface area contributed by atoms with Gasteiger partial charge < -0.3 is 16.0 Å². The summed E-state index contributed by atoms with van der Waals surface area (Å²) in [5.74, 6) is -3.14. The van der Waals surface area contributed by atoms with Gasteiger partial charge in [-0.2, -0.15) is 0 Å². The highest BCUT2D eigenvalue weighted by Crippen LogP contribution is 2.50. The summed E-state index contributed by atoms with van der Waals surface area (Å²) in [7, 11) is 0. The molecule has 1 fully saturated rings. The molecule has 49 heavy (non-hydrogen) atoms. The van der Waals surface area contributed by atoms with Gasteiger partial charge in [0, 0.05) is 60.1 Å². The van der Waals surface area contributed by atoms with E-state index in [0.29, 0.717) is 21.8 Å². The van der Waals surface area contributed by atoms with Crippen LogP contribution >= 0.6 is 11.3 Å². The minimum atomic E-state index is -2.73. The Bertz CT molecular complexity index is 1930. The van der Waals surface area contributed by atoms with Crippen LogP contribution in [0.1, 0.15) is 66.7 Å². The highest BCUT2D eigenvalue weighted by molar-refractivity contribution is 7.12. The van der Waals surface area contributed by atoms with Crippen LogP contribution in [0.4, 0.5) is 19.0 Å². The highest BCUT2D eigenvalue weighted by Gasteiger charge is 2.41. The first kappa shape index (κ1) is 33.9. The third-order valence-electron chi connectivity index (χ3n) is 9.22. The minimum Gasteiger partial charge on any atom is -0.384 e. The fourth-order valence-corrected chi connectivity index (χ4v) is 7.49. The molecule has 1 saturated heterocycles. The molecule has 0 spiro atoms. The van der Waals surface area contributed by atoms with E-state index in [2.05, 4.69) is 10.3 Å². The lowest BCUT2D eigenvalue weighted by atomic mass is 9.78. The second kappa shape index (κ2) is 13.9. The molecule has 2 amide bonds. The minimum absolute atomic E-state index is 0.0237. The monoisotopic (exact) mass is 682 g/mol. The van der Waals surface area contributed by atoms with Gasteiger partial charge in [-0.25, -0.2) is 18.2 Å². The molecule has 2 unspecified atom stereocenters. The second-order valence-corrected chi connectivity index (χ2v) is 13.6. The molecule has 0 radical (unpaired) electrons. The van der Waals surface area contributed by atoms with Crippen LogP contribution in [0.2, 0.25) is 0 Å². The number of carbonyl (C=O) groups is 2. The summed E-state index contributed by atoms with van der Waals surface area (Å²) < 4.78 is 44.8. The number of pyridine rings is 1. The lowest BCUT2D eigenvalue weighted by Crippen LogP contribution is -2.42. The number of hydrogen-bond donors (Lipinski definition) is 2. The molecule has 2 aromatic carbocycles. The normalized spacial score (nSPS) is 20.3. The number of amides is 2. The number of allylic oxidation sites excluding steroid dienone is 4. The zero-order chi connectivity index (χ0) is 34.8. The Morgan fingerprint density at radius 2 is 1.71 bits per heavy atom. The lowest BCUT2D eigenvalue weighted by Gasteiger charge is -2.32. The average molecular weight is 683 g/mol. The van der Waals surface area contributed by atoms with E-state index in [9.17, 15) is 18.4 Å². The van der Waals surface area contributed by atoms with Gasteiger partial charge in [0.1, 0.15) is 5.82 Å². The van der Waals surface area contributed by atoms with Gasteiger partial charge in [0.25, 0.3) is 11.8 Å².